The molecule has 3 N–H and O–H groups in total. The summed E-state index contributed by atoms with van der Waals surface area (Å²) in [5.74, 6) is -0.450. The lowest BCUT2D eigenvalue weighted by atomic mass is 10.1. The molecule has 21 heavy (non-hydrogen) atoms. The van der Waals surface area contributed by atoms with Gasteiger partial charge in [-0.1, -0.05) is 6.07 Å². The van der Waals surface area contributed by atoms with Crippen molar-refractivity contribution >= 4 is 23.0 Å². The molecule has 0 unspecified atom stereocenters. The van der Waals surface area contributed by atoms with Gasteiger partial charge in [0.2, 0.25) is 0 Å². The third kappa shape index (κ3) is 3.31. The zero-order chi connectivity index (χ0) is 15.6. The van der Waals surface area contributed by atoms with Crippen LogP contribution in [0.1, 0.15) is 15.9 Å². The number of carbonyl (C=O) groups is 1. The topological polar surface area (TPSA) is 58.4 Å². The van der Waals surface area contributed by atoms with Gasteiger partial charge in [-0.3, -0.25) is 4.79 Å². The Morgan fingerprint density at radius 2 is 1.90 bits per heavy atom. The number of nitrogen functional groups attached to an aromatic ring is 1. The molecular formula is C16H18FN3O. The van der Waals surface area contributed by atoms with Crippen LogP contribution in [0.5, 0.6) is 0 Å². The molecule has 0 atom stereocenters. The van der Waals surface area contributed by atoms with E-state index in [2.05, 4.69) is 5.32 Å². The standard InChI is InChI=1S/C16H18FN3O/c1-10-4-6-12(9-14(10)17)19-15-8-11(18)5-7-13(15)16(21)20(2)3/h4-9,19H,18H2,1-3H3. The van der Waals surface area contributed by atoms with E-state index in [1.807, 2.05) is 0 Å². The molecule has 0 saturated heterocycles. The molecule has 0 aliphatic carbocycles. The highest BCUT2D eigenvalue weighted by Crippen LogP contribution is 2.25. The van der Waals surface area contributed by atoms with Crippen LogP contribution in [-0.2, 0) is 0 Å². The van der Waals surface area contributed by atoms with Gasteiger partial charge in [-0.25, -0.2) is 4.39 Å². The van der Waals surface area contributed by atoms with Gasteiger partial charge in [-0.2, -0.15) is 0 Å². The van der Waals surface area contributed by atoms with E-state index in [0.717, 1.165) is 0 Å². The van der Waals surface area contributed by atoms with E-state index >= 15 is 0 Å². The minimum Gasteiger partial charge on any atom is -0.399 e. The normalized spacial score (nSPS) is 10.3. The summed E-state index contributed by atoms with van der Waals surface area (Å²) < 4.78 is 13.6. The van der Waals surface area contributed by atoms with Crippen molar-refractivity contribution in [3.05, 3.63) is 53.3 Å². The molecule has 0 spiro atoms. The molecule has 5 heteroatoms. The van der Waals surface area contributed by atoms with Gasteiger partial charge in [0.1, 0.15) is 5.82 Å². The number of carbonyl (C=O) groups excluding carboxylic acids is 1. The third-order valence-corrected chi connectivity index (χ3v) is 3.13. The first kappa shape index (κ1) is 14.8. The molecule has 0 bridgehead atoms. The predicted octanol–water partition coefficient (Wildman–Crippen LogP) is 3.16. The van der Waals surface area contributed by atoms with Crippen molar-refractivity contribution in [3.8, 4) is 0 Å². The van der Waals surface area contributed by atoms with E-state index in [-0.39, 0.29) is 11.7 Å². The average molecular weight is 287 g/mol. The van der Waals surface area contributed by atoms with Crippen LogP contribution >= 0.6 is 0 Å². The molecule has 0 heterocycles. The zero-order valence-corrected chi connectivity index (χ0v) is 12.3. The van der Waals surface area contributed by atoms with Gasteiger partial charge in [-0.05, 0) is 42.8 Å². The van der Waals surface area contributed by atoms with Gasteiger partial charge in [0.15, 0.2) is 0 Å². The van der Waals surface area contributed by atoms with Crippen LogP contribution in [0.15, 0.2) is 36.4 Å². The molecule has 2 aromatic carbocycles. The van der Waals surface area contributed by atoms with E-state index in [1.54, 1.807) is 51.4 Å². The second-order valence-electron chi connectivity index (χ2n) is 5.09. The number of amides is 1. The van der Waals surface area contributed by atoms with Crippen LogP contribution in [0, 0.1) is 12.7 Å². The lowest BCUT2D eigenvalue weighted by Crippen LogP contribution is -2.22. The van der Waals surface area contributed by atoms with Crippen molar-refractivity contribution in [3.63, 3.8) is 0 Å². The number of benzene rings is 2. The lowest BCUT2D eigenvalue weighted by molar-refractivity contribution is 0.0828. The van der Waals surface area contributed by atoms with Crippen LogP contribution in [0.25, 0.3) is 0 Å². The summed E-state index contributed by atoms with van der Waals surface area (Å²) in [6, 6.07) is 9.81. The van der Waals surface area contributed by atoms with Crippen molar-refractivity contribution in [2.45, 2.75) is 6.92 Å². The van der Waals surface area contributed by atoms with Crippen LogP contribution in [0.4, 0.5) is 21.5 Å². The fourth-order valence-corrected chi connectivity index (χ4v) is 1.92. The third-order valence-electron chi connectivity index (χ3n) is 3.13. The Hall–Kier alpha value is -2.56. The molecule has 1 amide bonds. The molecule has 0 aliphatic heterocycles. The first-order valence-electron chi connectivity index (χ1n) is 6.53. The maximum absolute atomic E-state index is 13.6. The largest absolute Gasteiger partial charge is 0.399 e. The number of hydrogen-bond acceptors (Lipinski definition) is 3. The maximum Gasteiger partial charge on any atom is 0.255 e. The van der Waals surface area contributed by atoms with Crippen LogP contribution in [-0.4, -0.2) is 24.9 Å². The zero-order valence-electron chi connectivity index (χ0n) is 12.3. The summed E-state index contributed by atoms with van der Waals surface area (Å²) in [4.78, 5) is 13.6. The van der Waals surface area contributed by atoms with E-state index in [4.69, 9.17) is 5.73 Å². The minimum absolute atomic E-state index is 0.148. The molecule has 2 aromatic rings. The molecule has 4 nitrogen and oxygen atoms in total. The smallest absolute Gasteiger partial charge is 0.255 e. The molecule has 0 radical (unpaired) electrons. The molecule has 0 saturated carbocycles. The van der Waals surface area contributed by atoms with E-state index in [1.165, 1.54) is 11.0 Å². The second kappa shape index (κ2) is 5.83. The molecule has 0 fully saturated rings. The summed E-state index contributed by atoms with van der Waals surface area (Å²) in [7, 11) is 3.35. The van der Waals surface area contributed by atoms with Crippen LogP contribution in [0.2, 0.25) is 0 Å². The number of halogens is 1. The monoisotopic (exact) mass is 287 g/mol. The molecular weight excluding hydrogens is 269 g/mol. The predicted molar refractivity (Wildman–Crippen MR) is 83.3 cm³/mol. The number of hydrogen-bond donors (Lipinski definition) is 2. The van der Waals surface area contributed by atoms with E-state index in [0.29, 0.717) is 28.2 Å². The van der Waals surface area contributed by atoms with Crippen molar-refractivity contribution in [1.82, 2.24) is 4.90 Å². The van der Waals surface area contributed by atoms with Crippen LogP contribution < -0.4 is 11.1 Å². The molecule has 2 rings (SSSR count). The Morgan fingerprint density at radius 3 is 2.52 bits per heavy atom. The van der Waals surface area contributed by atoms with Gasteiger partial charge in [0.05, 0.1) is 11.3 Å². The van der Waals surface area contributed by atoms with Crippen molar-refractivity contribution in [2.75, 3.05) is 25.1 Å². The maximum atomic E-state index is 13.6. The summed E-state index contributed by atoms with van der Waals surface area (Å²) >= 11 is 0. The highest BCUT2D eigenvalue weighted by atomic mass is 19.1. The lowest BCUT2D eigenvalue weighted by Gasteiger charge is -2.16. The van der Waals surface area contributed by atoms with Gasteiger partial charge >= 0.3 is 0 Å². The Kier molecular flexibility index (Phi) is 4.12. The highest BCUT2D eigenvalue weighted by Gasteiger charge is 2.14. The van der Waals surface area contributed by atoms with Crippen molar-refractivity contribution < 1.29 is 9.18 Å². The minimum atomic E-state index is -0.301. The molecule has 0 aliphatic rings. The highest BCUT2D eigenvalue weighted by molar-refractivity contribution is 6.00. The summed E-state index contributed by atoms with van der Waals surface area (Å²) in [5, 5.41) is 3.05. The SMILES string of the molecule is Cc1ccc(Nc2cc(N)ccc2C(=O)N(C)C)cc1F. The fourth-order valence-electron chi connectivity index (χ4n) is 1.92. The average Bonchev–Trinajstić information content (AvgIpc) is 2.42. The van der Waals surface area contributed by atoms with Crippen LogP contribution in [0.3, 0.4) is 0 Å². The van der Waals surface area contributed by atoms with Gasteiger partial charge in [-0.15, -0.1) is 0 Å². The Balaban J connectivity index is 2.40. The van der Waals surface area contributed by atoms with Crippen molar-refractivity contribution in [1.29, 1.82) is 0 Å². The van der Waals surface area contributed by atoms with Gasteiger partial charge in [0, 0.05) is 25.5 Å². The van der Waals surface area contributed by atoms with E-state index in [9.17, 15) is 9.18 Å². The quantitative estimate of drug-likeness (QED) is 0.853. The fraction of sp³-hybridized carbons (Fsp3) is 0.188. The number of anilines is 3. The first-order valence-corrected chi connectivity index (χ1v) is 6.53. The first-order chi connectivity index (χ1) is 9.88. The Labute approximate surface area is 123 Å². The molecule has 110 valence electrons. The summed E-state index contributed by atoms with van der Waals surface area (Å²) in [6.45, 7) is 1.70. The number of nitrogens with two attached hydrogens (primary N) is 1. The summed E-state index contributed by atoms with van der Waals surface area (Å²) in [6.07, 6.45) is 0. The number of aryl methyl sites for hydroxylation is 1. The van der Waals surface area contributed by atoms with Crippen molar-refractivity contribution in [2.24, 2.45) is 0 Å². The van der Waals surface area contributed by atoms with Gasteiger partial charge in [0.25, 0.3) is 5.91 Å². The summed E-state index contributed by atoms with van der Waals surface area (Å²) in [5.41, 5.74) is 8.47. The second-order valence-corrected chi connectivity index (χ2v) is 5.09. The molecule has 0 aromatic heterocycles. The number of nitrogens with one attached hydrogen (secondary N) is 1. The number of nitrogens with zero attached hydrogens (tertiary/aromatic N) is 1. The Bertz CT molecular complexity index is 683. The Morgan fingerprint density at radius 1 is 1.19 bits per heavy atom. The number of rotatable bonds is 3. The van der Waals surface area contributed by atoms with Gasteiger partial charge < -0.3 is 16.0 Å². The van der Waals surface area contributed by atoms with E-state index < -0.39 is 0 Å².